The zero-order valence-corrected chi connectivity index (χ0v) is 12.9. The lowest BCUT2D eigenvalue weighted by atomic mass is 10.1. The molecule has 0 spiro atoms. The lowest BCUT2D eigenvalue weighted by molar-refractivity contribution is 0.109. The van der Waals surface area contributed by atoms with Crippen molar-refractivity contribution in [1.29, 1.82) is 0 Å². The van der Waals surface area contributed by atoms with Gasteiger partial charge in [0.15, 0.2) is 5.84 Å². The number of hydrogen-bond donors (Lipinski definition) is 2. The highest BCUT2D eigenvalue weighted by Crippen LogP contribution is 2.14. The third-order valence-electron chi connectivity index (χ3n) is 3.74. The Kier molecular flexibility index (Phi) is 5.33. The Morgan fingerprint density at radius 3 is 2.70 bits per heavy atom. The van der Waals surface area contributed by atoms with E-state index in [4.69, 9.17) is 10.9 Å². The first-order chi connectivity index (χ1) is 9.63. The van der Waals surface area contributed by atoms with Crippen LogP contribution in [-0.2, 0) is 6.54 Å². The SMILES string of the molecule is CCC(C(N)=NO)N1CCN(Cc2csc(C)n2)CC1. The molecule has 0 aliphatic carbocycles. The minimum atomic E-state index is 0.0451. The highest BCUT2D eigenvalue weighted by atomic mass is 32.1. The lowest BCUT2D eigenvalue weighted by Crippen LogP contribution is -2.53. The average molecular weight is 297 g/mol. The molecule has 2 rings (SSSR count). The molecule has 0 amide bonds. The minimum Gasteiger partial charge on any atom is -0.409 e. The predicted molar refractivity (Wildman–Crippen MR) is 81.2 cm³/mol. The standard InChI is InChI=1S/C13H23N5OS/c1-3-12(13(14)16-19)18-6-4-17(5-7-18)8-11-9-20-10(2)15-11/h9,12,19H,3-8H2,1-2H3,(H2,14,16). The van der Waals surface area contributed by atoms with E-state index in [1.54, 1.807) is 11.3 Å². The van der Waals surface area contributed by atoms with Gasteiger partial charge in [-0.15, -0.1) is 11.3 Å². The largest absolute Gasteiger partial charge is 0.409 e. The normalized spacial score (nSPS) is 20.2. The summed E-state index contributed by atoms with van der Waals surface area (Å²) in [6.07, 6.45) is 0.862. The molecule has 1 atom stereocenters. The second-order valence-corrected chi connectivity index (χ2v) is 6.18. The summed E-state index contributed by atoms with van der Waals surface area (Å²) < 4.78 is 0. The summed E-state index contributed by atoms with van der Waals surface area (Å²) in [6.45, 7) is 8.88. The van der Waals surface area contributed by atoms with Crippen LogP contribution in [0.3, 0.4) is 0 Å². The van der Waals surface area contributed by atoms with Crippen LogP contribution in [0, 0.1) is 6.92 Å². The fourth-order valence-corrected chi connectivity index (χ4v) is 3.27. The molecule has 1 fully saturated rings. The van der Waals surface area contributed by atoms with Gasteiger partial charge in [-0.25, -0.2) is 4.98 Å². The van der Waals surface area contributed by atoms with E-state index in [0.29, 0.717) is 5.84 Å². The third kappa shape index (κ3) is 3.68. The Morgan fingerprint density at radius 2 is 2.20 bits per heavy atom. The molecule has 1 aromatic rings. The second kappa shape index (κ2) is 7.01. The van der Waals surface area contributed by atoms with E-state index in [9.17, 15) is 0 Å². The maximum absolute atomic E-state index is 8.83. The summed E-state index contributed by atoms with van der Waals surface area (Å²) in [5.41, 5.74) is 6.91. The number of thiazole rings is 1. The van der Waals surface area contributed by atoms with Gasteiger partial charge in [0.2, 0.25) is 0 Å². The van der Waals surface area contributed by atoms with E-state index in [-0.39, 0.29) is 6.04 Å². The van der Waals surface area contributed by atoms with Gasteiger partial charge in [-0.2, -0.15) is 0 Å². The van der Waals surface area contributed by atoms with Gasteiger partial charge in [0.25, 0.3) is 0 Å². The number of aromatic nitrogens is 1. The Bertz CT molecular complexity index is 453. The molecule has 1 aliphatic rings. The molecule has 1 aliphatic heterocycles. The van der Waals surface area contributed by atoms with Crippen molar-refractivity contribution in [1.82, 2.24) is 14.8 Å². The van der Waals surface area contributed by atoms with Crippen LogP contribution < -0.4 is 5.73 Å². The number of oxime groups is 1. The van der Waals surface area contributed by atoms with Gasteiger partial charge >= 0.3 is 0 Å². The van der Waals surface area contributed by atoms with Crippen molar-refractivity contribution >= 4 is 17.2 Å². The predicted octanol–water partition coefficient (Wildman–Crippen LogP) is 1.09. The number of rotatable bonds is 5. The fraction of sp³-hybridized carbons (Fsp3) is 0.692. The van der Waals surface area contributed by atoms with Crippen LogP contribution in [0.5, 0.6) is 0 Å². The quantitative estimate of drug-likeness (QED) is 0.368. The number of amidine groups is 1. The van der Waals surface area contributed by atoms with Crippen LogP contribution in [0.1, 0.15) is 24.0 Å². The number of nitrogens with zero attached hydrogens (tertiary/aromatic N) is 4. The summed E-state index contributed by atoms with van der Waals surface area (Å²) in [4.78, 5) is 9.20. The smallest absolute Gasteiger partial charge is 0.156 e. The van der Waals surface area contributed by atoms with E-state index in [1.165, 1.54) is 0 Å². The summed E-state index contributed by atoms with van der Waals surface area (Å²) >= 11 is 1.70. The van der Waals surface area contributed by atoms with E-state index in [2.05, 4.69) is 32.2 Å². The molecule has 20 heavy (non-hydrogen) atoms. The number of aryl methyl sites for hydroxylation is 1. The van der Waals surface area contributed by atoms with Gasteiger partial charge in [-0.3, -0.25) is 9.80 Å². The van der Waals surface area contributed by atoms with Crippen LogP contribution in [-0.4, -0.2) is 58.0 Å². The molecule has 1 aromatic heterocycles. The fourth-order valence-electron chi connectivity index (χ4n) is 2.66. The summed E-state index contributed by atoms with van der Waals surface area (Å²) in [7, 11) is 0. The van der Waals surface area contributed by atoms with Crippen LogP contribution in [0.25, 0.3) is 0 Å². The molecule has 3 N–H and O–H groups in total. The molecular formula is C13H23N5OS. The molecule has 0 aromatic carbocycles. The molecule has 6 nitrogen and oxygen atoms in total. The van der Waals surface area contributed by atoms with Crippen LogP contribution in [0.4, 0.5) is 0 Å². The van der Waals surface area contributed by atoms with E-state index in [0.717, 1.165) is 49.8 Å². The van der Waals surface area contributed by atoms with Crippen LogP contribution in [0.2, 0.25) is 0 Å². The highest BCUT2D eigenvalue weighted by molar-refractivity contribution is 7.09. The van der Waals surface area contributed by atoms with Gasteiger partial charge in [0, 0.05) is 38.1 Å². The molecule has 0 bridgehead atoms. The maximum Gasteiger partial charge on any atom is 0.156 e. The number of nitrogens with two attached hydrogens (primary N) is 1. The lowest BCUT2D eigenvalue weighted by Gasteiger charge is -2.38. The summed E-state index contributed by atoms with van der Waals surface area (Å²) in [5, 5.41) is 15.2. The van der Waals surface area contributed by atoms with Gasteiger partial charge < -0.3 is 10.9 Å². The van der Waals surface area contributed by atoms with Crippen molar-refractivity contribution in [2.24, 2.45) is 10.9 Å². The molecule has 1 unspecified atom stereocenters. The Balaban J connectivity index is 1.85. The second-order valence-electron chi connectivity index (χ2n) is 5.12. The van der Waals surface area contributed by atoms with Crippen molar-refractivity contribution < 1.29 is 5.21 Å². The average Bonchev–Trinajstić information content (AvgIpc) is 2.86. The summed E-state index contributed by atoms with van der Waals surface area (Å²) in [6, 6.07) is 0.0451. The van der Waals surface area contributed by atoms with Crippen molar-refractivity contribution in [3.63, 3.8) is 0 Å². The van der Waals surface area contributed by atoms with Crippen LogP contribution >= 0.6 is 11.3 Å². The van der Waals surface area contributed by atoms with Gasteiger partial charge in [0.1, 0.15) is 0 Å². The first kappa shape index (κ1) is 15.2. The molecule has 2 heterocycles. The van der Waals surface area contributed by atoms with Gasteiger partial charge in [-0.05, 0) is 13.3 Å². The number of piperazine rings is 1. The van der Waals surface area contributed by atoms with E-state index >= 15 is 0 Å². The van der Waals surface area contributed by atoms with Crippen molar-refractivity contribution in [3.05, 3.63) is 16.1 Å². The number of hydrogen-bond acceptors (Lipinski definition) is 6. The topological polar surface area (TPSA) is 78.0 Å². The molecular weight excluding hydrogens is 274 g/mol. The first-order valence-electron chi connectivity index (χ1n) is 6.98. The minimum absolute atomic E-state index is 0.0451. The van der Waals surface area contributed by atoms with Crippen molar-refractivity contribution in [3.8, 4) is 0 Å². The highest BCUT2D eigenvalue weighted by Gasteiger charge is 2.25. The molecule has 1 saturated heterocycles. The Hall–Kier alpha value is -1.18. The molecule has 7 heteroatoms. The first-order valence-corrected chi connectivity index (χ1v) is 7.86. The third-order valence-corrected chi connectivity index (χ3v) is 4.57. The van der Waals surface area contributed by atoms with Gasteiger partial charge in [0.05, 0.1) is 16.7 Å². The van der Waals surface area contributed by atoms with Crippen molar-refractivity contribution in [2.45, 2.75) is 32.9 Å². The zero-order chi connectivity index (χ0) is 14.5. The molecule has 112 valence electrons. The Morgan fingerprint density at radius 1 is 1.50 bits per heavy atom. The van der Waals surface area contributed by atoms with Crippen LogP contribution in [0.15, 0.2) is 10.5 Å². The van der Waals surface area contributed by atoms with Crippen molar-refractivity contribution in [2.75, 3.05) is 26.2 Å². The molecule has 0 radical (unpaired) electrons. The van der Waals surface area contributed by atoms with Gasteiger partial charge in [-0.1, -0.05) is 12.1 Å². The van der Waals surface area contributed by atoms with E-state index < -0.39 is 0 Å². The monoisotopic (exact) mass is 297 g/mol. The summed E-state index contributed by atoms with van der Waals surface area (Å²) in [5.74, 6) is 0.316. The molecule has 0 saturated carbocycles. The van der Waals surface area contributed by atoms with E-state index in [1.807, 2.05) is 6.92 Å². The zero-order valence-electron chi connectivity index (χ0n) is 12.1. The maximum atomic E-state index is 8.83. The Labute approximate surface area is 123 Å².